The zero-order valence-electron chi connectivity index (χ0n) is 14.5. The minimum absolute atomic E-state index is 0.102. The van der Waals surface area contributed by atoms with E-state index >= 15 is 0 Å². The molecule has 0 aliphatic carbocycles. The van der Waals surface area contributed by atoms with Crippen molar-refractivity contribution in [1.82, 2.24) is 15.5 Å². The molecule has 0 radical (unpaired) electrons. The van der Waals surface area contributed by atoms with Gasteiger partial charge in [0, 0.05) is 0 Å². The largest absolute Gasteiger partial charge is 0.325 e. The highest BCUT2D eigenvalue weighted by atomic mass is 19.1. The monoisotopic (exact) mass is 347 g/mol. The molecule has 25 heavy (non-hydrogen) atoms. The summed E-state index contributed by atoms with van der Waals surface area (Å²) in [7, 11) is 0. The first-order chi connectivity index (χ1) is 12.2. The third kappa shape index (κ3) is 3.68. The van der Waals surface area contributed by atoms with Gasteiger partial charge in [0.1, 0.15) is 12.2 Å². The van der Waals surface area contributed by atoms with Crippen molar-refractivity contribution < 1.29 is 14.0 Å². The molecule has 0 saturated carbocycles. The van der Waals surface area contributed by atoms with Crippen molar-refractivity contribution in [2.45, 2.75) is 37.6 Å². The topological polar surface area (TPSA) is 61.4 Å². The zero-order valence-corrected chi connectivity index (χ0v) is 14.5. The molecule has 0 bridgehead atoms. The van der Waals surface area contributed by atoms with Crippen LogP contribution >= 0.6 is 0 Å². The molecule has 2 aliphatic heterocycles. The Morgan fingerprint density at radius 1 is 1.16 bits per heavy atom. The lowest BCUT2D eigenvalue weighted by Crippen LogP contribution is -2.55. The Morgan fingerprint density at radius 2 is 1.88 bits per heavy atom. The van der Waals surface area contributed by atoms with Crippen LogP contribution in [0.2, 0.25) is 0 Å². The summed E-state index contributed by atoms with van der Waals surface area (Å²) in [6.07, 6.45) is 3.96. The van der Waals surface area contributed by atoms with Crippen molar-refractivity contribution in [2.75, 3.05) is 26.3 Å². The number of carbonyl (C=O) groups excluding carboxylic acids is 2. The molecule has 2 N–H and O–H groups in total. The average molecular weight is 347 g/mol. The first-order valence-electron chi connectivity index (χ1n) is 9.12. The van der Waals surface area contributed by atoms with Gasteiger partial charge in [0.05, 0.1) is 6.54 Å². The van der Waals surface area contributed by atoms with E-state index in [4.69, 9.17) is 0 Å². The Balaban J connectivity index is 1.75. The Bertz CT molecular complexity index is 604. The molecule has 136 valence electrons. The van der Waals surface area contributed by atoms with Crippen molar-refractivity contribution in [3.63, 3.8) is 0 Å². The van der Waals surface area contributed by atoms with E-state index in [1.807, 2.05) is 18.2 Å². The van der Waals surface area contributed by atoms with Gasteiger partial charge in [-0.25, -0.2) is 9.18 Å². The van der Waals surface area contributed by atoms with E-state index in [0.717, 1.165) is 43.7 Å². The van der Waals surface area contributed by atoms with Crippen molar-refractivity contribution in [3.8, 4) is 0 Å². The van der Waals surface area contributed by atoms with Crippen LogP contribution in [0, 0.1) is 5.92 Å². The van der Waals surface area contributed by atoms with Crippen LogP contribution in [-0.2, 0) is 11.2 Å². The molecule has 0 unspecified atom stereocenters. The van der Waals surface area contributed by atoms with Gasteiger partial charge in [0.25, 0.3) is 5.91 Å². The van der Waals surface area contributed by atoms with E-state index in [0.29, 0.717) is 6.42 Å². The zero-order chi connectivity index (χ0) is 17.7. The number of carbonyl (C=O) groups is 2. The number of hydrogen-bond acceptors (Lipinski definition) is 3. The maximum atomic E-state index is 13.0. The highest BCUT2D eigenvalue weighted by Crippen LogP contribution is 2.36. The Kier molecular flexibility index (Phi) is 5.68. The fraction of sp³-hybridized carbons (Fsp3) is 0.579. The minimum Gasteiger partial charge on any atom is -0.323 e. The third-order valence-electron chi connectivity index (χ3n) is 5.43. The number of amides is 3. The van der Waals surface area contributed by atoms with Gasteiger partial charge in [0.15, 0.2) is 0 Å². The highest BCUT2D eigenvalue weighted by Gasteiger charge is 2.54. The molecule has 2 heterocycles. The predicted molar refractivity (Wildman–Crippen MR) is 93.9 cm³/mol. The van der Waals surface area contributed by atoms with Crippen LogP contribution in [0.1, 0.15) is 31.2 Å². The summed E-state index contributed by atoms with van der Waals surface area (Å²) < 4.78 is 12.8. The van der Waals surface area contributed by atoms with E-state index in [1.165, 1.54) is 5.56 Å². The molecule has 2 fully saturated rings. The molecule has 5 nitrogen and oxygen atoms in total. The number of nitrogens with one attached hydrogen (secondary N) is 2. The maximum Gasteiger partial charge on any atom is 0.325 e. The van der Waals surface area contributed by atoms with Gasteiger partial charge in [-0.05, 0) is 56.7 Å². The van der Waals surface area contributed by atoms with Gasteiger partial charge in [-0.2, -0.15) is 0 Å². The maximum absolute atomic E-state index is 13.0. The molecule has 2 saturated heterocycles. The average Bonchev–Trinajstić information content (AvgIpc) is 2.89. The van der Waals surface area contributed by atoms with Crippen LogP contribution in [0.25, 0.3) is 0 Å². The van der Waals surface area contributed by atoms with Gasteiger partial charge < -0.3 is 10.6 Å². The number of alkyl halides is 1. The minimum atomic E-state index is -0.872. The fourth-order valence-electron chi connectivity index (χ4n) is 4.11. The Hall–Kier alpha value is -1.95. The number of aryl methyl sites for hydroxylation is 1. The number of piperidine rings is 1. The summed E-state index contributed by atoms with van der Waals surface area (Å²) in [4.78, 5) is 26.4. The number of halogens is 1. The molecule has 1 aromatic rings. The summed E-state index contributed by atoms with van der Waals surface area (Å²) in [6, 6.07) is 9.69. The molecular formula is C19H26FN3O2. The smallest absolute Gasteiger partial charge is 0.323 e. The number of hydrogen-bond donors (Lipinski definition) is 2. The normalized spacial score (nSPS) is 24.6. The highest BCUT2D eigenvalue weighted by molar-refractivity contribution is 6.07. The standard InChI is InChI=1S/C19H26FN3O2/c20-11-14-23-17(24)19(22-18(23)25,16-8-12-21-13-9-16)10-4-7-15-5-2-1-3-6-15/h1-3,5-6,16,21H,4,7-14H2,(H,22,25)/t19-/m0/s1. The number of nitrogens with zero attached hydrogens (tertiary/aromatic N) is 1. The van der Waals surface area contributed by atoms with E-state index in [1.54, 1.807) is 0 Å². The van der Waals surface area contributed by atoms with Crippen molar-refractivity contribution in [3.05, 3.63) is 35.9 Å². The van der Waals surface area contributed by atoms with Gasteiger partial charge in [-0.15, -0.1) is 0 Å². The second-order valence-electron chi connectivity index (χ2n) is 6.91. The van der Waals surface area contributed by atoms with Crippen molar-refractivity contribution in [2.24, 2.45) is 5.92 Å². The van der Waals surface area contributed by atoms with Crippen LogP contribution in [0.3, 0.4) is 0 Å². The summed E-state index contributed by atoms with van der Waals surface area (Å²) in [5.41, 5.74) is 0.351. The van der Waals surface area contributed by atoms with E-state index in [9.17, 15) is 14.0 Å². The quantitative estimate of drug-likeness (QED) is 0.744. The Labute approximate surface area is 148 Å². The first-order valence-corrected chi connectivity index (χ1v) is 9.12. The number of urea groups is 1. The number of rotatable bonds is 7. The molecular weight excluding hydrogens is 321 g/mol. The summed E-state index contributed by atoms with van der Waals surface area (Å²) in [5.74, 6) is -0.138. The molecule has 1 atom stereocenters. The van der Waals surface area contributed by atoms with E-state index in [-0.39, 0.29) is 18.4 Å². The van der Waals surface area contributed by atoms with Gasteiger partial charge in [0.2, 0.25) is 0 Å². The SMILES string of the molecule is O=C1N[C@@](CCCc2ccccc2)(C2CCNCC2)C(=O)N1CCF. The molecule has 3 rings (SSSR count). The first kappa shape index (κ1) is 17.9. The van der Waals surface area contributed by atoms with Crippen LogP contribution in [0.4, 0.5) is 9.18 Å². The van der Waals surface area contributed by atoms with Gasteiger partial charge in [-0.3, -0.25) is 9.69 Å². The lowest BCUT2D eigenvalue weighted by atomic mass is 9.74. The predicted octanol–water partition coefficient (Wildman–Crippen LogP) is 2.27. The lowest BCUT2D eigenvalue weighted by molar-refractivity contribution is -0.134. The van der Waals surface area contributed by atoms with Crippen LogP contribution < -0.4 is 10.6 Å². The second-order valence-corrected chi connectivity index (χ2v) is 6.91. The molecule has 2 aliphatic rings. The van der Waals surface area contributed by atoms with Gasteiger partial charge >= 0.3 is 6.03 Å². The summed E-state index contributed by atoms with van der Waals surface area (Å²) in [5, 5.41) is 6.25. The summed E-state index contributed by atoms with van der Waals surface area (Å²) in [6.45, 7) is 0.830. The Morgan fingerprint density at radius 3 is 2.56 bits per heavy atom. The van der Waals surface area contributed by atoms with Crippen molar-refractivity contribution >= 4 is 11.9 Å². The van der Waals surface area contributed by atoms with Crippen LogP contribution in [0.15, 0.2) is 30.3 Å². The molecule has 0 spiro atoms. The second kappa shape index (κ2) is 7.95. The summed E-state index contributed by atoms with van der Waals surface area (Å²) >= 11 is 0. The number of imide groups is 1. The van der Waals surface area contributed by atoms with Crippen molar-refractivity contribution in [1.29, 1.82) is 0 Å². The molecule has 1 aromatic carbocycles. The number of benzene rings is 1. The fourth-order valence-corrected chi connectivity index (χ4v) is 4.11. The van der Waals surface area contributed by atoms with E-state index in [2.05, 4.69) is 22.8 Å². The molecule has 0 aromatic heterocycles. The van der Waals surface area contributed by atoms with Gasteiger partial charge in [-0.1, -0.05) is 30.3 Å². The van der Waals surface area contributed by atoms with E-state index < -0.39 is 18.2 Å². The van der Waals surface area contributed by atoms with Crippen LogP contribution in [-0.4, -0.2) is 48.7 Å². The van der Waals surface area contributed by atoms with Crippen LogP contribution in [0.5, 0.6) is 0 Å². The third-order valence-corrected chi connectivity index (χ3v) is 5.43. The molecule has 3 amide bonds. The molecule has 6 heteroatoms. The lowest BCUT2D eigenvalue weighted by Gasteiger charge is -2.38.